The molecule has 1 unspecified atom stereocenters. The van der Waals surface area contributed by atoms with Gasteiger partial charge in [0.2, 0.25) is 0 Å². The summed E-state index contributed by atoms with van der Waals surface area (Å²) in [7, 11) is 1.76. The van der Waals surface area contributed by atoms with E-state index in [4.69, 9.17) is 5.26 Å². The van der Waals surface area contributed by atoms with Crippen molar-refractivity contribution in [2.24, 2.45) is 21.8 Å². The van der Waals surface area contributed by atoms with E-state index in [0.717, 1.165) is 44.4 Å². The van der Waals surface area contributed by atoms with E-state index in [9.17, 15) is 4.39 Å². The monoisotopic (exact) mass is 251 g/mol. The van der Waals surface area contributed by atoms with Gasteiger partial charge in [-0.05, 0) is 32.1 Å². The van der Waals surface area contributed by atoms with Crippen LogP contribution in [0.5, 0.6) is 0 Å². The topological polar surface area (TPSA) is 48.5 Å². The minimum atomic E-state index is -1.31. The normalized spacial score (nSPS) is 27.1. The molecule has 4 heteroatoms. The second-order valence-electron chi connectivity index (χ2n) is 4.82. The summed E-state index contributed by atoms with van der Waals surface area (Å²) in [5.74, 6) is 1.13. The lowest BCUT2D eigenvalue weighted by atomic mass is 9.79. The molecule has 0 amide bonds. The molecule has 1 atom stereocenters. The van der Waals surface area contributed by atoms with Crippen molar-refractivity contribution in [1.29, 1.82) is 5.26 Å². The van der Waals surface area contributed by atoms with Crippen LogP contribution in [0.4, 0.5) is 4.39 Å². The smallest absolute Gasteiger partial charge is 0.189 e. The number of rotatable bonds is 4. The Morgan fingerprint density at radius 2 is 2.11 bits per heavy atom. The molecule has 1 saturated carbocycles. The zero-order valence-corrected chi connectivity index (χ0v) is 11.3. The Morgan fingerprint density at radius 1 is 1.44 bits per heavy atom. The average molecular weight is 251 g/mol. The van der Waals surface area contributed by atoms with Crippen LogP contribution >= 0.6 is 0 Å². The third kappa shape index (κ3) is 4.21. The highest BCUT2D eigenvalue weighted by Gasteiger charge is 2.29. The first kappa shape index (κ1) is 14.8. The quantitative estimate of drug-likeness (QED) is 0.556. The Labute approximate surface area is 109 Å². The molecule has 18 heavy (non-hydrogen) atoms. The van der Waals surface area contributed by atoms with Crippen molar-refractivity contribution in [2.75, 3.05) is 7.05 Å². The van der Waals surface area contributed by atoms with Gasteiger partial charge in [-0.3, -0.25) is 4.99 Å². The van der Waals surface area contributed by atoms with E-state index in [2.05, 4.69) is 16.9 Å². The number of nitriles is 1. The Morgan fingerprint density at radius 3 is 2.61 bits per heavy atom. The van der Waals surface area contributed by atoms with Crippen LogP contribution in [0.15, 0.2) is 9.98 Å². The summed E-state index contributed by atoms with van der Waals surface area (Å²) in [5, 5.41) is 8.58. The van der Waals surface area contributed by atoms with E-state index in [1.54, 1.807) is 13.1 Å². The van der Waals surface area contributed by atoms with Crippen LogP contribution in [-0.4, -0.2) is 25.3 Å². The number of amidine groups is 1. The van der Waals surface area contributed by atoms with E-state index in [0.29, 0.717) is 5.92 Å². The van der Waals surface area contributed by atoms with Crippen LogP contribution in [0.2, 0.25) is 0 Å². The number of alkyl halides is 1. The number of halogens is 1. The molecule has 0 aromatic rings. The lowest BCUT2D eigenvalue weighted by Gasteiger charge is -2.27. The van der Waals surface area contributed by atoms with E-state index in [-0.39, 0.29) is 5.92 Å². The van der Waals surface area contributed by atoms with Gasteiger partial charge in [-0.15, -0.1) is 0 Å². The molecule has 0 heterocycles. The average Bonchev–Trinajstić information content (AvgIpc) is 2.43. The van der Waals surface area contributed by atoms with E-state index >= 15 is 0 Å². The minimum absolute atomic E-state index is 0.0935. The van der Waals surface area contributed by atoms with Crippen molar-refractivity contribution in [1.82, 2.24) is 0 Å². The first-order chi connectivity index (χ1) is 8.72. The lowest BCUT2D eigenvalue weighted by Crippen LogP contribution is -2.25. The van der Waals surface area contributed by atoms with Gasteiger partial charge in [-0.25, -0.2) is 9.38 Å². The first-order valence-corrected chi connectivity index (χ1v) is 6.75. The van der Waals surface area contributed by atoms with Gasteiger partial charge >= 0.3 is 0 Å². The SMILES string of the molecule is CCC/C=N\C(=N/C)C1CCC(C(F)C#N)CC1. The Kier molecular flexibility index (Phi) is 6.56. The molecule has 3 nitrogen and oxygen atoms in total. The van der Waals surface area contributed by atoms with E-state index in [1.165, 1.54) is 0 Å². The summed E-state index contributed by atoms with van der Waals surface area (Å²) in [6.45, 7) is 2.11. The molecule has 1 fully saturated rings. The summed E-state index contributed by atoms with van der Waals surface area (Å²) in [6.07, 6.45) is 5.97. The highest BCUT2D eigenvalue weighted by molar-refractivity contribution is 5.91. The lowest BCUT2D eigenvalue weighted by molar-refractivity contribution is 0.212. The van der Waals surface area contributed by atoms with Gasteiger partial charge in [-0.2, -0.15) is 5.26 Å². The molecule has 0 spiro atoms. The number of hydrogen-bond acceptors (Lipinski definition) is 2. The molecular formula is C14H22FN3. The Balaban J connectivity index is 2.48. The van der Waals surface area contributed by atoms with E-state index < -0.39 is 6.17 Å². The van der Waals surface area contributed by atoms with Crippen LogP contribution in [-0.2, 0) is 0 Å². The van der Waals surface area contributed by atoms with Gasteiger partial charge < -0.3 is 0 Å². The highest BCUT2D eigenvalue weighted by atomic mass is 19.1. The number of nitrogens with zero attached hydrogens (tertiary/aromatic N) is 3. The Bertz CT molecular complexity index is 335. The van der Waals surface area contributed by atoms with Gasteiger partial charge in [0.25, 0.3) is 0 Å². The van der Waals surface area contributed by atoms with Crippen molar-refractivity contribution in [3.05, 3.63) is 0 Å². The molecule has 0 aromatic carbocycles. The molecule has 0 N–H and O–H groups in total. The number of aliphatic imine (C=N–C) groups is 2. The molecule has 1 rings (SSSR count). The fourth-order valence-electron chi connectivity index (χ4n) is 2.41. The van der Waals surface area contributed by atoms with Crippen molar-refractivity contribution in [2.45, 2.75) is 51.6 Å². The van der Waals surface area contributed by atoms with Crippen LogP contribution in [0.3, 0.4) is 0 Å². The molecule has 0 aromatic heterocycles. The third-order valence-corrected chi connectivity index (χ3v) is 3.54. The van der Waals surface area contributed by atoms with Gasteiger partial charge in [0.05, 0.1) is 0 Å². The highest BCUT2D eigenvalue weighted by Crippen LogP contribution is 2.32. The van der Waals surface area contributed by atoms with Gasteiger partial charge in [0.1, 0.15) is 11.9 Å². The van der Waals surface area contributed by atoms with Crippen molar-refractivity contribution < 1.29 is 4.39 Å². The van der Waals surface area contributed by atoms with Crippen molar-refractivity contribution in [3.8, 4) is 6.07 Å². The standard InChI is InChI=1S/C14H22FN3/c1-3-4-9-18-14(17-2)12-7-5-11(6-8-12)13(15)10-16/h9,11-13H,3-8H2,1-2H3/b17-14-,18-9-. The fraction of sp³-hybridized carbons (Fsp3) is 0.786. The van der Waals surface area contributed by atoms with Crippen molar-refractivity contribution >= 4 is 12.1 Å². The van der Waals surface area contributed by atoms with Crippen LogP contribution in [0.1, 0.15) is 45.4 Å². The zero-order chi connectivity index (χ0) is 13.4. The first-order valence-electron chi connectivity index (χ1n) is 6.75. The minimum Gasteiger partial charge on any atom is -0.274 e. The zero-order valence-electron chi connectivity index (χ0n) is 11.3. The molecule has 0 radical (unpaired) electrons. The second-order valence-corrected chi connectivity index (χ2v) is 4.82. The van der Waals surface area contributed by atoms with Crippen LogP contribution < -0.4 is 0 Å². The second kappa shape index (κ2) is 7.97. The maximum absolute atomic E-state index is 13.3. The largest absolute Gasteiger partial charge is 0.274 e. The maximum atomic E-state index is 13.3. The molecule has 0 bridgehead atoms. The van der Waals surface area contributed by atoms with Gasteiger partial charge in [0, 0.05) is 25.1 Å². The van der Waals surface area contributed by atoms with Crippen molar-refractivity contribution in [3.63, 3.8) is 0 Å². The summed E-state index contributed by atoms with van der Waals surface area (Å²) in [4.78, 5) is 8.65. The van der Waals surface area contributed by atoms with Gasteiger partial charge in [-0.1, -0.05) is 13.3 Å². The molecule has 100 valence electrons. The van der Waals surface area contributed by atoms with Crippen LogP contribution in [0, 0.1) is 23.2 Å². The van der Waals surface area contributed by atoms with E-state index in [1.807, 2.05) is 6.21 Å². The summed E-state index contributed by atoms with van der Waals surface area (Å²) < 4.78 is 13.3. The molecule has 1 aliphatic rings. The Hall–Kier alpha value is -1.24. The molecule has 1 aliphatic carbocycles. The molecule has 0 aliphatic heterocycles. The van der Waals surface area contributed by atoms with Crippen LogP contribution in [0.25, 0.3) is 0 Å². The predicted molar refractivity (Wildman–Crippen MR) is 72.7 cm³/mol. The summed E-state index contributed by atoms with van der Waals surface area (Å²) in [5.41, 5.74) is 0. The number of unbranched alkanes of at least 4 members (excludes halogenated alkanes) is 1. The summed E-state index contributed by atoms with van der Waals surface area (Å²) >= 11 is 0. The molecular weight excluding hydrogens is 229 g/mol. The van der Waals surface area contributed by atoms with Gasteiger partial charge in [0.15, 0.2) is 6.17 Å². The molecule has 0 saturated heterocycles. The number of hydrogen-bond donors (Lipinski definition) is 0. The third-order valence-electron chi connectivity index (χ3n) is 3.54. The fourth-order valence-corrected chi connectivity index (χ4v) is 2.41. The maximum Gasteiger partial charge on any atom is 0.189 e. The summed E-state index contributed by atoms with van der Waals surface area (Å²) in [6, 6.07) is 1.71. The predicted octanol–water partition coefficient (Wildman–Crippen LogP) is 3.55.